The third-order valence-electron chi connectivity index (χ3n) is 2.87. The first-order chi connectivity index (χ1) is 9.08. The molecule has 5 nitrogen and oxygen atoms in total. The SMILES string of the molecule is CC(C)c1cc(C(=O)NCCc2cscn2)n(C)n1. The van der Waals surface area contributed by atoms with Crippen LogP contribution in [0.3, 0.4) is 0 Å². The highest BCUT2D eigenvalue weighted by molar-refractivity contribution is 7.07. The first-order valence-electron chi connectivity index (χ1n) is 6.27. The molecule has 0 aromatic carbocycles. The van der Waals surface area contributed by atoms with Gasteiger partial charge < -0.3 is 5.32 Å². The summed E-state index contributed by atoms with van der Waals surface area (Å²) in [5.41, 5.74) is 4.35. The van der Waals surface area contributed by atoms with Gasteiger partial charge in [-0.2, -0.15) is 5.10 Å². The minimum absolute atomic E-state index is 0.0860. The van der Waals surface area contributed by atoms with E-state index in [-0.39, 0.29) is 5.91 Å². The van der Waals surface area contributed by atoms with Gasteiger partial charge in [0.05, 0.1) is 16.9 Å². The lowest BCUT2D eigenvalue weighted by Crippen LogP contribution is -2.27. The van der Waals surface area contributed by atoms with Crippen LogP contribution < -0.4 is 5.32 Å². The van der Waals surface area contributed by atoms with Crippen molar-refractivity contribution in [2.75, 3.05) is 6.54 Å². The van der Waals surface area contributed by atoms with E-state index in [4.69, 9.17) is 0 Å². The van der Waals surface area contributed by atoms with Gasteiger partial charge in [0.2, 0.25) is 0 Å². The molecule has 1 N–H and O–H groups in total. The van der Waals surface area contributed by atoms with Crippen molar-refractivity contribution >= 4 is 17.2 Å². The largest absolute Gasteiger partial charge is 0.350 e. The number of thiazole rings is 1. The highest BCUT2D eigenvalue weighted by atomic mass is 32.1. The van der Waals surface area contributed by atoms with Crippen LogP contribution in [0.4, 0.5) is 0 Å². The molecule has 0 spiro atoms. The molecule has 19 heavy (non-hydrogen) atoms. The topological polar surface area (TPSA) is 59.8 Å². The zero-order valence-corrected chi connectivity index (χ0v) is 12.2. The summed E-state index contributed by atoms with van der Waals surface area (Å²) in [6.45, 7) is 4.71. The van der Waals surface area contributed by atoms with Crippen molar-refractivity contribution < 1.29 is 4.79 Å². The van der Waals surface area contributed by atoms with Crippen LogP contribution in [0, 0.1) is 0 Å². The molecule has 2 aromatic rings. The van der Waals surface area contributed by atoms with E-state index in [0.29, 0.717) is 18.2 Å². The predicted molar refractivity (Wildman–Crippen MR) is 75.4 cm³/mol. The van der Waals surface area contributed by atoms with Crippen LogP contribution in [0.5, 0.6) is 0 Å². The Morgan fingerprint density at radius 3 is 2.89 bits per heavy atom. The molecule has 0 atom stereocenters. The van der Waals surface area contributed by atoms with E-state index in [1.54, 1.807) is 28.6 Å². The summed E-state index contributed by atoms with van der Waals surface area (Å²) in [6.07, 6.45) is 0.754. The lowest BCUT2D eigenvalue weighted by Gasteiger charge is -2.03. The Kier molecular flexibility index (Phi) is 4.31. The van der Waals surface area contributed by atoms with Crippen molar-refractivity contribution in [1.29, 1.82) is 0 Å². The molecule has 6 heteroatoms. The number of hydrogen-bond acceptors (Lipinski definition) is 4. The van der Waals surface area contributed by atoms with Crippen molar-refractivity contribution in [3.05, 3.63) is 34.0 Å². The average molecular weight is 278 g/mol. The van der Waals surface area contributed by atoms with Crippen molar-refractivity contribution in [3.63, 3.8) is 0 Å². The van der Waals surface area contributed by atoms with Crippen molar-refractivity contribution in [1.82, 2.24) is 20.1 Å². The predicted octanol–water partition coefficient (Wildman–Crippen LogP) is 1.97. The van der Waals surface area contributed by atoms with Gasteiger partial charge in [0.15, 0.2) is 0 Å². The summed E-state index contributed by atoms with van der Waals surface area (Å²) in [5.74, 6) is 0.236. The molecule has 0 fully saturated rings. The normalized spacial score (nSPS) is 10.9. The highest BCUT2D eigenvalue weighted by Crippen LogP contribution is 2.13. The number of hydrogen-bond donors (Lipinski definition) is 1. The van der Waals surface area contributed by atoms with Gasteiger partial charge in [-0.3, -0.25) is 9.48 Å². The number of amides is 1. The van der Waals surface area contributed by atoms with Gasteiger partial charge in [0, 0.05) is 25.4 Å². The Hall–Kier alpha value is -1.69. The Bertz CT molecular complexity index is 545. The smallest absolute Gasteiger partial charge is 0.269 e. The van der Waals surface area contributed by atoms with E-state index >= 15 is 0 Å². The third-order valence-corrected chi connectivity index (χ3v) is 3.51. The molecule has 0 aliphatic carbocycles. The Labute approximate surface area is 116 Å². The summed E-state index contributed by atoms with van der Waals surface area (Å²) < 4.78 is 1.63. The number of carbonyl (C=O) groups is 1. The van der Waals surface area contributed by atoms with Gasteiger partial charge in [0.1, 0.15) is 5.69 Å². The van der Waals surface area contributed by atoms with Crippen molar-refractivity contribution in [2.45, 2.75) is 26.2 Å². The number of aryl methyl sites for hydroxylation is 1. The fourth-order valence-corrected chi connectivity index (χ4v) is 2.33. The summed E-state index contributed by atoms with van der Waals surface area (Å²) >= 11 is 1.57. The van der Waals surface area contributed by atoms with Gasteiger partial charge in [-0.25, -0.2) is 4.98 Å². The van der Waals surface area contributed by atoms with E-state index in [9.17, 15) is 4.79 Å². The van der Waals surface area contributed by atoms with Gasteiger partial charge in [-0.15, -0.1) is 11.3 Å². The molecule has 0 aliphatic heterocycles. The van der Waals surface area contributed by atoms with Crippen LogP contribution in [-0.4, -0.2) is 27.2 Å². The van der Waals surface area contributed by atoms with Gasteiger partial charge >= 0.3 is 0 Å². The standard InChI is InChI=1S/C13H18N4OS/c1-9(2)11-6-12(17(3)16-11)13(18)14-5-4-10-7-19-8-15-10/h6-9H,4-5H2,1-3H3,(H,14,18). The fourth-order valence-electron chi connectivity index (χ4n) is 1.74. The number of rotatable bonds is 5. The molecule has 0 radical (unpaired) electrons. The molecule has 1 amide bonds. The molecular formula is C13H18N4OS. The van der Waals surface area contributed by atoms with E-state index in [2.05, 4.69) is 29.2 Å². The van der Waals surface area contributed by atoms with E-state index in [0.717, 1.165) is 17.8 Å². The maximum Gasteiger partial charge on any atom is 0.269 e. The van der Waals surface area contributed by atoms with Gasteiger partial charge in [-0.05, 0) is 12.0 Å². The van der Waals surface area contributed by atoms with Crippen LogP contribution in [0.25, 0.3) is 0 Å². The van der Waals surface area contributed by atoms with Crippen LogP contribution >= 0.6 is 11.3 Å². The molecule has 0 unspecified atom stereocenters. The Morgan fingerprint density at radius 2 is 2.32 bits per heavy atom. The second-order valence-corrected chi connectivity index (χ2v) is 5.44. The van der Waals surface area contributed by atoms with Crippen LogP contribution in [0.2, 0.25) is 0 Å². The minimum atomic E-state index is -0.0860. The maximum absolute atomic E-state index is 12.0. The molecule has 2 rings (SSSR count). The fraction of sp³-hybridized carbons (Fsp3) is 0.462. The first-order valence-corrected chi connectivity index (χ1v) is 7.21. The van der Waals surface area contributed by atoms with E-state index in [1.165, 1.54) is 0 Å². The lowest BCUT2D eigenvalue weighted by atomic mass is 10.1. The van der Waals surface area contributed by atoms with Crippen LogP contribution in [0.15, 0.2) is 17.0 Å². The quantitative estimate of drug-likeness (QED) is 0.909. The summed E-state index contributed by atoms with van der Waals surface area (Å²) in [6, 6.07) is 1.85. The van der Waals surface area contributed by atoms with Gasteiger partial charge in [-0.1, -0.05) is 13.8 Å². The summed E-state index contributed by atoms with van der Waals surface area (Å²) in [7, 11) is 1.79. The lowest BCUT2D eigenvalue weighted by molar-refractivity contribution is 0.0944. The monoisotopic (exact) mass is 278 g/mol. The molecule has 0 aliphatic rings. The maximum atomic E-state index is 12.0. The minimum Gasteiger partial charge on any atom is -0.350 e. The highest BCUT2D eigenvalue weighted by Gasteiger charge is 2.14. The van der Waals surface area contributed by atoms with Crippen LogP contribution in [-0.2, 0) is 13.5 Å². The molecule has 2 heterocycles. The molecule has 0 saturated heterocycles. The van der Waals surface area contributed by atoms with Crippen molar-refractivity contribution in [3.8, 4) is 0 Å². The van der Waals surface area contributed by atoms with Gasteiger partial charge in [0.25, 0.3) is 5.91 Å². The second-order valence-electron chi connectivity index (χ2n) is 4.72. The molecular weight excluding hydrogens is 260 g/mol. The molecule has 2 aromatic heterocycles. The Morgan fingerprint density at radius 1 is 1.53 bits per heavy atom. The number of nitrogens with one attached hydrogen (secondary N) is 1. The number of carbonyl (C=O) groups excluding carboxylic acids is 1. The summed E-state index contributed by atoms with van der Waals surface area (Å²) in [4.78, 5) is 16.2. The van der Waals surface area contributed by atoms with Crippen LogP contribution in [0.1, 0.15) is 41.6 Å². The second kappa shape index (κ2) is 5.97. The average Bonchev–Trinajstić information content (AvgIpc) is 2.98. The zero-order valence-electron chi connectivity index (χ0n) is 11.4. The number of nitrogens with zero attached hydrogens (tertiary/aromatic N) is 3. The van der Waals surface area contributed by atoms with E-state index < -0.39 is 0 Å². The van der Waals surface area contributed by atoms with E-state index in [1.807, 2.05) is 11.4 Å². The molecule has 0 bridgehead atoms. The first kappa shape index (κ1) is 13.7. The zero-order chi connectivity index (χ0) is 13.8. The van der Waals surface area contributed by atoms with Crippen molar-refractivity contribution in [2.24, 2.45) is 7.05 Å². The molecule has 0 saturated carbocycles. The Balaban J connectivity index is 1.92. The molecule has 102 valence electrons. The number of aromatic nitrogens is 3. The third kappa shape index (κ3) is 3.41. The summed E-state index contributed by atoms with van der Waals surface area (Å²) in [5, 5.41) is 9.22.